The number of carboxylic acids is 1. The summed E-state index contributed by atoms with van der Waals surface area (Å²) in [4.78, 5) is 10.8. The quantitative estimate of drug-likeness (QED) is 0.809. The molecule has 1 aromatic heterocycles. The van der Waals surface area contributed by atoms with Crippen molar-refractivity contribution in [3.8, 4) is 0 Å². The molecule has 4 heteroatoms. The molecular formula is C15H19N2O2+. The molecule has 1 N–H and O–H groups in total. The molecule has 0 aliphatic carbocycles. The smallest absolute Gasteiger partial charge is 0.335 e. The lowest BCUT2D eigenvalue weighted by Crippen LogP contribution is -2.31. The van der Waals surface area contributed by atoms with E-state index in [2.05, 4.69) is 28.6 Å². The van der Waals surface area contributed by atoms with Crippen LogP contribution in [0, 0.1) is 0 Å². The van der Waals surface area contributed by atoms with Gasteiger partial charge in [-0.2, -0.15) is 0 Å². The first-order valence-corrected chi connectivity index (χ1v) is 6.56. The number of carboxylic acid groups (broad SMARTS) is 1. The van der Waals surface area contributed by atoms with Gasteiger partial charge in [-0.1, -0.05) is 25.5 Å². The summed E-state index contributed by atoms with van der Waals surface area (Å²) < 4.78 is 4.28. The average Bonchev–Trinajstić information content (AvgIpc) is 2.84. The Balaban J connectivity index is 2.00. The molecule has 0 amide bonds. The van der Waals surface area contributed by atoms with Crippen LogP contribution in [0.15, 0.2) is 43.0 Å². The van der Waals surface area contributed by atoms with Crippen LogP contribution < -0.4 is 4.57 Å². The van der Waals surface area contributed by atoms with Crippen molar-refractivity contribution in [3.63, 3.8) is 0 Å². The number of benzene rings is 1. The molecule has 2 rings (SSSR count). The molecule has 0 spiro atoms. The molecule has 0 fully saturated rings. The fraction of sp³-hybridized carbons (Fsp3) is 0.333. The molecule has 0 bridgehead atoms. The van der Waals surface area contributed by atoms with Crippen LogP contribution >= 0.6 is 0 Å². The molecule has 0 aliphatic rings. The van der Waals surface area contributed by atoms with Crippen LogP contribution in [0.5, 0.6) is 0 Å². The number of nitrogens with zero attached hydrogens (tertiary/aromatic N) is 2. The zero-order chi connectivity index (χ0) is 13.7. The third-order valence-corrected chi connectivity index (χ3v) is 3.08. The van der Waals surface area contributed by atoms with Crippen molar-refractivity contribution < 1.29 is 14.5 Å². The maximum absolute atomic E-state index is 10.8. The topological polar surface area (TPSA) is 46.1 Å². The molecule has 0 saturated carbocycles. The van der Waals surface area contributed by atoms with Gasteiger partial charge in [-0.25, -0.2) is 13.9 Å². The first-order chi connectivity index (χ1) is 9.19. The highest BCUT2D eigenvalue weighted by Crippen LogP contribution is 2.04. The van der Waals surface area contributed by atoms with Crippen LogP contribution in [0.25, 0.3) is 0 Å². The minimum absolute atomic E-state index is 0.328. The highest BCUT2D eigenvalue weighted by molar-refractivity contribution is 5.87. The van der Waals surface area contributed by atoms with E-state index in [0.717, 1.165) is 18.7 Å². The van der Waals surface area contributed by atoms with Gasteiger partial charge in [0.1, 0.15) is 18.9 Å². The molecule has 100 valence electrons. The number of rotatable bonds is 6. The molecule has 0 unspecified atom stereocenters. The summed E-state index contributed by atoms with van der Waals surface area (Å²) in [6, 6.07) is 7.01. The average molecular weight is 259 g/mol. The Hall–Kier alpha value is -2.10. The minimum Gasteiger partial charge on any atom is -0.478 e. The number of aryl methyl sites for hydroxylation is 1. The lowest BCUT2D eigenvalue weighted by atomic mass is 10.1. The fourth-order valence-corrected chi connectivity index (χ4v) is 1.97. The van der Waals surface area contributed by atoms with Crippen LogP contribution in [-0.2, 0) is 13.1 Å². The van der Waals surface area contributed by atoms with Gasteiger partial charge in [0, 0.05) is 0 Å². The predicted octanol–water partition coefficient (Wildman–Crippen LogP) is 2.32. The maximum Gasteiger partial charge on any atom is 0.335 e. The Bertz CT molecular complexity index is 544. The van der Waals surface area contributed by atoms with Crippen molar-refractivity contribution in [2.24, 2.45) is 0 Å². The summed E-state index contributed by atoms with van der Waals surface area (Å²) in [7, 11) is 0. The van der Waals surface area contributed by atoms with Crippen LogP contribution in [0.1, 0.15) is 35.7 Å². The lowest BCUT2D eigenvalue weighted by molar-refractivity contribution is -0.687. The molecule has 0 atom stereocenters. The van der Waals surface area contributed by atoms with Gasteiger partial charge in [-0.3, -0.25) is 0 Å². The number of hydrogen-bond acceptors (Lipinski definition) is 1. The second-order valence-corrected chi connectivity index (χ2v) is 4.68. The summed E-state index contributed by atoms with van der Waals surface area (Å²) in [6.45, 7) is 3.99. The van der Waals surface area contributed by atoms with Crippen LogP contribution in [0.4, 0.5) is 0 Å². The number of imidazole rings is 1. The largest absolute Gasteiger partial charge is 0.478 e. The number of carbonyl (C=O) groups is 1. The van der Waals surface area contributed by atoms with E-state index in [4.69, 9.17) is 5.11 Å². The third kappa shape index (κ3) is 3.68. The van der Waals surface area contributed by atoms with Crippen molar-refractivity contribution in [3.05, 3.63) is 54.1 Å². The first-order valence-electron chi connectivity index (χ1n) is 6.56. The van der Waals surface area contributed by atoms with Crippen LogP contribution in [0.2, 0.25) is 0 Å². The van der Waals surface area contributed by atoms with Crippen LogP contribution in [0.3, 0.4) is 0 Å². The van der Waals surface area contributed by atoms with E-state index >= 15 is 0 Å². The van der Waals surface area contributed by atoms with Crippen molar-refractivity contribution in [1.29, 1.82) is 0 Å². The SMILES string of the molecule is CCCCn1cc[n+](Cc2ccc(C(=O)O)cc2)c1. The van der Waals surface area contributed by atoms with Gasteiger partial charge in [0.25, 0.3) is 0 Å². The van der Waals surface area contributed by atoms with Gasteiger partial charge in [0.15, 0.2) is 0 Å². The van der Waals surface area contributed by atoms with Crippen molar-refractivity contribution in [1.82, 2.24) is 4.57 Å². The second kappa shape index (κ2) is 6.18. The Morgan fingerprint density at radius 2 is 2.05 bits per heavy atom. The van der Waals surface area contributed by atoms with Gasteiger partial charge in [0.2, 0.25) is 6.33 Å². The molecule has 0 aliphatic heterocycles. The van der Waals surface area contributed by atoms with E-state index < -0.39 is 5.97 Å². The Labute approximate surface area is 112 Å². The monoisotopic (exact) mass is 259 g/mol. The lowest BCUT2D eigenvalue weighted by Gasteiger charge is -1.99. The highest BCUT2D eigenvalue weighted by atomic mass is 16.4. The van der Waals surface area contributed by atoms with Crippen LogP contribution in [-0.4, -0.2) is 15.6 Å². The minimum atomic E-state index is -0.884. The van der Waals surface area contributed by atoms with Crippen molar-refractivity contribution in [2.75, 3.05) is 0 Å². The van der Waals surface area contributed by atoms with Crippen molar-refractivity contribution in [2.45, 2.75) is 32.9 Å². The summed E-state index contributed by atoms with van der Waals surface area (Å²) in [5.74, 6) is -0.884. The summed E-state index contributed by atoms with van der Waals surface area (Å²) in [6.07, 6.45) is 8.57. The van der Waals surface area contributed by atoms with Gasteiger partial charge in [-0.05, 0) is 24.1 Å². The van der Waals surface area contributed by atoms with E-state index in [1.165, 1.54) is 12.8 Å². The van der Waals surface area contributed by atoms with Gasteiger partial charge < -0.3 is 5.11 Å². The second-order valence-electron chi connectivity index (χ2n) is 4.68. The van der Waals surface area contributed by atoms with E-state index in [-0.39, 0.29) is 0 Å². The van der Waals surface area contributed by atoms with E-state index in [9.17, 15) is 4.79 Å². The summed E-state index contributed by atoms with van der Waals surface area (Å²) in [5.41, 5.74) is 1.43. The number of aromatic nitrogens is 2. The molecule has 0 saturated heterocycles. The van der Waals surface area contributed by atoms with Crippen molar-refractivity contribution >= 4 is 5.97 Å². The molecule has 1 aromatic carbocycles. The Morgan fingerprint density at radius 3 is 2.68 bits per heavy atom. The molecular weight excluding hydrogens is 240 g/mol. The first kappa shape index (κ1) is 13.3. The van der Waals surface area contributed by atoms with Gasteiger partial charge in [0.05, 0.1) is 12.1 Å². The number of aromatic carboxylic acids is 1. The van der Waals surface area contributed by atoms with E-state index in [0.29, 0.717) is 5.56 Å². The highest BCUT2D eigenvalue weighted by Gasteiger charge is 2.06. The molecule has 4 nitrogen and oxygen atoms in total. The number of unbranched alkanes of at least 4 members (excludes halogenated alkanes) is 1. The summed E-state index contributed by atoms with van der Waals surface area (Å²) >= 11 is 0. The molecule has 0 radical (unpaired) electrons. The molecule has 2 aromatic rings. The third-order valence-electron chi connectivity index (χ3n) is 3.08. The normalized spacial score (nSPS) is 10.6. The Kier molecular flexibility index (Phi) is 4.34. The number of hydrogen-bond donors (Lipinski definition) is 1. The standard InChI is InChI=1S/C15H18N2O2/c1-2-3-8-16-9-10-17(12-16)11-13-4-6-14(7-5-13)15(18)19/h4-7,9-10,12H,2-3,8,11H2,1H3/p+1. The van der Waals surface area contributed by atoms with E-state index in [1.54, 1.807) is 12.1 Å². The molecule has 1 heterocycles. The molecule has 19 heavy (non-hydrogen) atoms. The maximum atomic E-state index is 10.8. The van der Waals surface area contributed by atoms with E-state index in [1.807, 2.05) is 18.3 Å². The predicted molar refractivity (Wildman–Crippen MR) is 72.0 cm³/mol. The van der Waals surface area contributed by atoms with Gasteiger partial charge >= 0.3 is 5.97 Å². The zero-order valence-electron chi connectivity index (χ0n) is 11.1. The fourth-order valence-electron chi connectivity index (χ4n) is 1.97. The Morgan fingerprint density at radius 1 is 1.32 bits per heavy atom. The summed E-state index contributed by atoms with van der Waals surface area (Å²) in [5, 5.41) is 8.84. The van der Waals surface area contributed by atoms with Gasteiger partial charge in [-0.15, -0.1) is 0 Å². The zero-order valence-corrected chi connectivity index (χ0v) is 11.1.